The van der Waals surface area contributed by atoms with Crippen LogP contribution in [0.4, 0.5) is 0 Å². The number of guanidine groups is 1. The molecule has 0 aliphatic heterocycles. The van der Waals surface area contributed by atoms with Crippen LogP contribution in [0.1, 0.15) is 31.2 Å². The van der Waals surface area contributed by atoms with Crippen LogP contribution in [0.2, 0.25) is 0 Å². The van der Waals surface area contributed by atoms with Gasteiger partial charge in [-0.3, -0.25) is 0 Å². The second-order valence-corrected chi connectivity index (χ2v) is 7.43. The number of thiazole rings is 1. The van der Waals surface area contributed by atoms with E-state index in [1.54, 1.807) is 11.3 Å². The number of hydrogen-bond acceptors (Lipinski definition) is 4. The molecular formula is C20H29IN4OS. The molecule has 1 aliphatic rings. The molecule has 0 saturated heterocycles. The first-order valence-corrected chi connectivity index (χ1v) is 10.3. The van der Waals surface area contributed by atoms with E-state index in [0.29, 0.717) is 6.54 Å². The van der Waals surface area contributed by atoms with E-state index < -0.39 is 0 Å². The van der Waals surface area contributed by atoms with Gasteiger partial charge in [0.05, 0.1) is 12.2 Å². The Morgan fingerprint density at radius 2 is 2.07 bits per heavy atom. The molecule has 2 N–H and O–H groups in total. The van der Waals surface area contributed by atoms with Crippen molar-refractivity contribution >= 4 is 41.3 Å². The minimum Gasteiger partial charge on any atom is -0.381 e. The van der Waals surface area contributed by atoms with Crippen molar-refractivity contribution in [2.45, 2.75) is 32.7 Å². The first-order chi connectivity index (χ1) is 12.8. The highest BCUT2D eigenvalue weighted by Crippen LogP contribution is 2.28. The zero-order chi connectivity index (χ0) is 18.0. The molecule has 27 heavy (non-hydrogen) atoms. The van der Waals surface area contributed by atoms with Crippen molar-refractivity contribution in [1.82, 2.24) is 15.6 Å². The van der Waals surface area contributed by atoms with Gasteiger partial charge in [0, 0.05) is 37.2 Å². The molecule has 1 fully saturated rings. The molecule has 1 aliphatic carbocycles. The van der Waals surface area contributed by atoms with Gasteiger partial charge in [-0.15, -0.1) is 35.3 Å². The average Bonchev–Trinajstić information content (AvgIpc) is 3.38. The minimum atomic E-state index is 0. The number of halogens is 1. The molecule has 0 radical (unpaired) electrons. The lowest BCUT2D eigenvalue weighted by molar-refractivity contribution is 0.123. The molecule has 1 heterocycles. The number of hydrogen-bond donors (Lipinski definition) is 2. The highest BCUT2D eigenvalue weighted by Gasteiger charge is 2.20. The number of ether oxygens (including phenoxy) is 1. The van der Waals surface area contributed by atoms with Crippen LogP contribution >= 0.6 is 35.3 Å². The summed E-state index contributed by atoms with van der Waals surface area (Å²) in [6.45, 7) is 6.12. The molecule has 3 rings (SSSR count). The smallest absolute Gasteiger partial charge is 0.191 e. The van der Waals surface area contributed by atoms with Crippen LogP contribution in [0.15, 0.2) is 40.7 Å². The predicted octanol–water partition coefficient (Wildman–Crippen LogP) is 4.30. The molecular weight excluding hydrogens is 471 g/mol. The molecule has 5 nitrogen and oxygen atoms in total. The van der Waals surface area contributed by atoms with E-state index in [4.69, 9.17) is 9.72 Å². The Bertz CT molecular complexity index is 688. The van der Waals surface area contributed by atoms with Crippen LogP contribution < -0.4 is 10.6 Å². The number of aliphatic imine (C=N–C) groups is 1. The number of nitrogens with zero attached hydrogens (tertiary/aromatic N) is 2. The zero-order valence-electron chi connectivity index (χ0n) is 15.8. The molecule has 0 bridgehead atoms. The highest BCUT2D eigenvalue weighted by atomic mass is 127. The van der Waals surface area contributed by atoms with Gasteiger partial charge >= 0.3 is 0 Å². The number of rotatable bonds is 10. The van der Waals surface area contributed by atoms with Crippen molar-refractivity contribution in [2.24, 2.45) is 10.9 Å². The summed E-state index contributed by atoms with van der Waals surface area (Å²) >= 11 is 1.65. The number of nitrogens with one attached hydrogen (secondary N) is 2. The van der Waals surface area contributed by atoms with E-state index in [-0.39, 0.29) is 24.0 Å². The third kappa shape index (κ3) is 8.15. The highest BCUT2D eigenvalue weighted by molar-refractivity contribution is 14.0. The monoisotopic (exact) mass is 500 g/mol. The summed E-state index contributed by atoms with van der Waals surface area (Å²) in [5.74, 6) is 1.67. The van der Waals surface area contributed by atoms with Gasteiger partial charge < -0.3 is 15.4 Å². The van der Waals surface area contributed by atoms with Gasteiger partial charge in [-0.05, 0) is 32.1 Å². The maximum atomic E-state index is 5.66. The lowest BCUT2D eigenvalue weighted by Gasteiger charge is -2.11. The Labute approximate surface area is 183 Å². The van der Waals surface area contributed by atoms with Gasteiger partial charge in [-0.2, -0.15) is 0 Å². The fraction of sp³-hybridized carbons (Fsp3) is 0.500. The van der Waals surface area contributed by atoms with E-state index in [0.717, 1.165) is 60.9 Å². The quantitative estimate of drug-likeness (QED) is 0.221. The Hall–Kier alpha value is -1.19. The summed E-state index contributed by atoms with van der Waals surface area (Å²) in [6.07, 6.45) is 3.68. The van der Waals surface area contributed by atoms with E-state index in [1.165, 1.54) is 12.8 Å². The molecule has 1 saturated carbocycles. The molecule has 0 atom stereocenters. The van der Waals surface area contributed by atoms with Gasteiger partial charge in [-0.25, -0.2) is 9.98 Å². The summed E-state index contributed by atoms with van der Waals surface area (Å²) in [6, 6.07) is 10.3. The van der Waals surface area contributed by atoms with Crippen LogP contribution in [0.3, 0.4) is 0 Å². The molecule has 0 amide bonds. The van der Waals surface area contributed by atoms with E-state index in [9.17, 15) is 0 Å². The summed E-state index contributed by atoms with van der Waals surface area (Å²) < 4.78 is 5.66. The topological polar surface area (TPSA) is 58.5 Å². The SMILES string of the molecule is CCNC(=NCc1nc(-c2ccccc2)cs1)NCCCOCC1CC1.I. The van der Waals surface area contributed by atoms with Crippen LogP contribution in [0.25, 0.3) is 11.3 Å². The van der Waals surface area contributed by atoms with Crippen molar-refractivity contribution in [1.29, 1.82) is 0 Å². The lowest BCUT2D eigenvalue weighted by atomic mass is 10.2. The van der Waals surface area contributed by atoms with Crippen molar-refractivity contribution in [3.63, 3.8) is 0 Å². The Morgan fingerprint density at radius 3 is 2.81 bits per heavy atom. The first kappa shape index (κ1) is 22.1. The fourth-order valence-electron chi connectivity index (χ4n) is 2.53. The average molecular weight is 500 g/mol. The zero-order valence-corrected chi connectivity index (χ0v) is 19.0. The van der Waals surface area contributed by atoms with Crippen molar-refractivity contribution in [3.05, 3.63) is 40.7 Å². The molecule has 7 heteroatoms. The van der Waals surface area contributed by atoms with Gasteiger partial charge in [0.15, 0.2) is 5.96 Å². The Morgan fingerprint density at radius 1 is 1.26 bits per heavy atom. The molecule has 1 aromatic heterocycles. The number of aromatic nitrogens is 1. The second kappa shape index (κ2) is 12.3. The lowest BCUT2D eigenvalue weighted by Crippen LogP contribution is -2.38. The Balaban J connectivity index is 0.00000261. The molecule has 1 aromatic carbocycles. The van der Waals surface area contributed by atoms with Crippen molar-refractivity contribution in [2.75, 3.05) is 26.3 Å². The summed E-state index contributed by atoms with van der Waals surface area (Å²) in [5.41, 5.74) is 2.17. The summed E-state index contributed by atoms with van der Waals surface area (Å²) in [7, 11) is 0. The third-order valence-electron chi connectivity index (χ3n) is 4.15. The van der Waals surface area contributed by atoms with Crippen molar-refractivity contribution < 1.29 is 4.74 Å². The van der Waals surface area contributed by atoms with Crippen molar-refractivity contribution in [3.8, 4) is 11.3 Å². The molecule has 2 aromatic rings. The summed E-state index contributed by atoms with van der Waals surface area (Å²) in [5, 5.41) is 9.77. The second-order valence-electron chi connectivity index (χ2n) is 6.49. The van der Waals surface area contributed by atoms with Gasteiger partial charge in [0.25, 0.3) is 0 Å². The van der Waals surface area contributed by atoms with Crippen LogP contribution in [-0.4, -0.2) is 37.2 Å². The number of benzene rings is 1. The van der Waals surface area contributed by atoms with E-state index >= 15 is 0 Å². The fourth-order valence-corrected chi connectivity index (χ4v) is 3.26. The third-order valence-corrected chi connectivity index (χ3v) is 4.98. The van der Waals surface area contributed by atoms with Crippen LogP contribution in [0.5, 0.6) is 0 Å². The van der Waals surface area contributed by atoms with Gasteiger partial charge in [0.1, 0.15) is 5.01 Å². The minimum absolute atomic E-state index is 0. The Kier molecular flexibility index (Phi) is 10.1. The summed E-state index contributed by atoms with van der Waals surface area (Å²) in [4.78, 5) is 9.34. The standard InChI is InChI=1S/C20H28N4OS.HI/c1-2-21-20(22-11-6-12-25-14-16-9-10-16)23-13-19-24-18(15-26-19)17-7-4-3-5-8-17;/h3-5,7-8,15-16H,2,6,9-14H2,1H3,(H2,21,22,23);1H. The van der Waals surface area contributed by atoms with Crippen LogP contribution in [0, 0.1) is 5.92 Å². The first-order valence-electron chi connectivity index (χ1n) is 9.45. The largest absolute Gasteiger partial charge is 0.381 e. The molecule has 0 spiro atoms. The van der Waals surface area contributed by atoms with Gasteiger partial charge in [-0.1, -0.05) is 30.3 Å². The van der Waals surface area contributed by atoms with Gasteiger partial charge in [0.2, 0.25) is 0 Å². The predicted molar refractivity (Wildman–Crippen MR) is 124 cm³/mol. The molecule has 0 unspecified atom stereocenters. The maximum absolute atomic E-state index is 5.66. The molecule has 148 valence electrons. The van der Waals surface area contributed by atoms with Crippen LogP contribution in [-0.2, 0) is 11.3 Å². The maximum Gasteiger partial charge on any atom is 0.191 e. The van der Waals surface area contributed by atoms with E-state index in [1.807, 2.05) is 18.2 Å². The normalized spacial score (nSPS) is 13.9. The van der Waals surface area contributed by atoms with E-state index in [2.05, 4.69) is 40.1 Å².